The average molecular weight is 191 g/mol. The number of rotatable bonds is 1. The molecule has 0 aliphatic carbocycles. The molecule has 0 aliphatic rings. The number of hydrogen-bond acceptors (Lipinski definition) is 4. The van der Waals surface area contributed by atoms with Crippen molar-refractivity contribution in [1.29, 1.82) is 0 Å². The van der Waals surface area contributed by atoms with Crippen LogP contribution in [0.4, 0.5) is 0 Å². The van der Waals surface area contributed by atoms with Crippen LogP contribution in [0.5, 0.6) is 0 Å². The van der Waals surface area contributed by atoms with Crippen LogP contribution in [0.15, 0.2) is 0 Å². The summed E-state index contributed by atoms with van der Waals surface area (Å²) in [5, 5.41) is 0. The summed E-state index contributed by atoms with van der Waals surface area (Å²) in [7, 11) is -4.67. The molecule has 2 N–H and O–H groups in total. The van der Waals surface area contributed by atoms with Gasteiger partial charge in [0.1, 0.15) is 0 Å². The molecule has 0 rings (SSSR count). The van der Waals surface area contributed by atoms with Gasteiger partial charge in [-0.3, -0.25) is 13.3 Å². The van der Waals surface area contributed by atoms with Crippen molar-refractivity contribution >= 4 is 21.5 Å². The summed E-state index contributed by atoms with van der Waals surface area (Å²) in [6.45, 7) is 1.59. The highest BCUT2D eigenvalue weighted by atomic mass is 32.3. The van der Waals surface area contributed by atoms with E-state index < -0.39 is 21.5 Å². The van der Waals surface area contributed by atoms with Gasteiger partial charge in [-0.25, -0.2) is 0 Å². The van der Waals surface area contributed by atoms with Crippen LogP contribution >= 0.6 is 0 Å². The molecule has 6 nitrogen and oxygen atoms in total. The molecule has 1 unspecified atom stereocenters. The molecule has 0 aromatic carbocycles. The Morgan fingerprint density at radius 2 is 1.60 bits per heavy atom. The summed E-state index contributed by atoms with van der Waals surface area (Å²) in [5.74, 6) is 0.222. The van der Waals surface area contributed by atoms with Gasteiger partial charge >= 0.3 is 10.4 Å². The largest absolute Gasteiger partial charge is 0.772 e. The Morgan fingerprint density at radius 1 is 1.50 bits per heavy atom. The van der Waals surface area contributed by atoms with Crippen molar-refractivity contribution in [3.8, 4) is 0 Å². The highest BCUT2D eigenvalue weighted by molar-refractivity contribution is 7.80. The predicted octanol–water partition coefficient (Wildman–Crippen LogP) is -0.767. The summed E-state index contributed by atoms with van der Waals surface area (Å²) in [5.41, 5.74) is 0. The highest BCUT2D eigenvalue weighted by Gasteiger charge is 1.84. The van der Waals surface area contributed by atoms with Crippen molar-refractivity contribution in [2.75, 3.05) is 5.75 Å². The summed E-state index contributed by atoms with van der Waals surface area (Å²) in [4.78, 5) is 0. The van der Waals surface area contributed by atoms with Gasteiger partial charge < -0.3 is 4.55 Å². The van der Waals surface area contributed by atoms with Gasteiger partial charge in [-0.2, -0.15) is 8.42 Å². The molecule has 0 radical (unpaired) electrons. The van der Waals surface area contributed by atoms with E-state index in [9.17, 15) is 8.76 Å². The quantitative estimate of drug-likeness (QED) is 0.415. The smallest absolute Gasteiger partial charge is 0.394 e. The van der Waals surface area contributed by atoms with E-state index in [0.717, 1.165) is 0 Å². The van der Waals surface area contributed by atoms with Crippen molar-refractivity contribution in [3.63, 3.8) is 0 Å². The van der Waals surface area contributed by atoms with Crippen molar-refractivity contribution in [2.45, 2.75) is 6.92 Å². The molecule has 64 valence electrons. The van der Waals surface area contributed by atoms with Crippen LogP contribution < -0.4 is 0 Å². The van der Waals surface area contributed by atoms with Crippen LogP contribution in [-0.2, 0) is 21.5 Å². The lowest BCUT2D eigenvalue weighted by Crippen LogP contribution is -1.89. The zero-order chi connectivity index (χ0) is 8.78. The molecule has 8 heteroatoms. The molecule has 0 aromatic rings. The molecule has 0 heterocycles. The second-order valence-corrected chi connectivity index (χ2v) is 3.12. The summed E-state index contributed by atoms with van der Waals surface area (Å²) < 4.78 is 50.3. The molecular formula is C2H7O6S2-. The fraction of sp³-hybridized carbons (Fsp3) is 1.00. The fourth-order valence-corrected chi connectivity index (χ4v) is 0. The zero-order valence-electron chi connectivity index (χ0n) is 5.05. The van der Waals surface area contributed by atoms with Crippen LogP contribution in [0.3, 0.4) is 0 Å². The van der Waals surface area contributed by atoms with Crippen molar-refractivity contribution in [1.82, 2.24) is 0 Å². The number of hydrogen-bond donors (Lipinski definition) is 2. The van der Waals surface area contributed by atoms with Crippen molar-refractivity contribution in [2.24, 2.45) is 0 Å². The van der Waals surface area contributed by atoms with Gasteiger partial charge in [-0.1, -0.05) is 18.0 Å². The molecule has 1 atom stereocenters. The Balaban J connectivity index is 0. The molecule has 0 saturated carbocycles. The first-order valence-electron chi connectivity index (χ1n) is 2.03. The lowest BCUT2D eigenvalue weighted by atomic mass is 11.0. The minimum absolute atomic E-state index is 0.222. The van der Waals surface area contributed by atoms with Crippen molar-refractivity contribution in [3.05, 3.63) is 0 Å². The fourth-order valence-electron chi connectivity index (χ4n) is 0. The maximum absolute atomic E-state index is 9.37. The van der Waals surface area contributed by atoms with Crippen LogP contribution in [0.25, 0.3) is 0 Å². The van der Waals surface area contributed by atoms with Crippen LogP contribution in [0.1, 0.15) is 6.92 Å². The van der Waals surface area contributed by atoms with Crippen LogP contribution in [0, 0.1) is 0 Å². The maximum atomic E-state index is 9.37. The third kappa shape index (κ3) is 99.2. The first kappa shape index (κ1) is 12.6. The SMILES string of the molecule is CCS(=O)[O-].O=S(=O)(O)O. The van der Waals surface area contributed by atoms with E-state index in [0.29, 0.717) is 0 Å². The van der Waals surface area contributed by atoms with Crippen LogP contribution in [-0.4, -0.2) is 32.0 Å². The molecule has 10 heavy (non-hydrogen) atoms. The first-order chi connectivity index (χ1) is 4.27. The minimum atomic E-state index is -4.67. The molecule has 0 bridgehead atoms. The van der Waals surface area contributed by atoms with E-state index in [1.54, 1.807) is 6.92 Å². The van der Waals surface area contributed by atoms with Gasteiger partial charge in [-0.05, 0) is 0 Å². The van der Waals surface area contributed by atoms with Gasteiger partial charge in [0, 0.05) is 5.75 Å². The molecule has 0 saturated heterocycles. The molecule has 0 spiro atoms. The van der Waals surface area contributed by atoms with E-state index >= 15 is 0 Å². The van der Waals surface area contributed by atoms with Crippen molar-refractivity contribution < 1.29 is 26.3 Å². The third-order valence-corrected chi connectivity index (χ3v) is 0.707. The van der Waals surface area contributed by atoms with Gasteiger partial charge in [0.2, 0.25) is 0 Å². The Bertz CT molecular complexity index is 172. The highest BCUT2D eigenvalue weighted by Crippen LogP contribution is 1.63. The van der Waals surface area contributed by atoms with E-state index in [2.05, 4.69) is 0 Å². The third-order valence-electron chi connectivity index (χ3n) is 0.236. The Labute approximate surface area is 61.1 Å². The molecule has 0 fully saturated rings. The first-order valence-corrected chi connectivity index (χ1v) is 4.67. The van der Waals surface area contributed by atoms with E-state index in [1.807, 2.05) is 0 Å². The Hall–Kier alpha value is -0.0200. The average Bonchev–Trinajstić information content (AvgIpc) is 1.61. The second-order valence-electron chi connectivity index (χ2n) is 1.04. The minimum Gasteiger partial charge on any atom is -0.772 e. The predicted molar refractivity (Wildman–Crippen MR) is 33.6 cm³/mol. The topological polar surface area (TPSA) is 115 Å². The summed E-state index contributed by atoms with van der Waals surface area (Å²) in [6, 6.07) is 0. The Morgan fingerprint density at radius 3 is 1.60 bits per heavy atom. The van der Waals surface area contributed by atoms with Gasteiger partial charge in [0.15, 0.2) is 0 Å². The molecule has 0 aliphatic heterocycles. The lowest BCUT2D eigenvalue weighted by molar-refractivity contribution is 0.381. The van der Waals surface area contributed by atoms with E-state index in [-0.39, 0.29) is 5.75 Å². The van der Waals surface area contributed by atoms with Gasteiger partial charge in [0.05, 0.1) is 0 Å². The van der Waals surface area contributed by atoms with Gasteiger partial charge in [-0.15, -0.1) is 0 Å². The Kier molecular flexibility index (Phi) is 7.26. The van der Waals surface area contributed by atoms with Crippen LogP contribution in [0.2, 0.25) is 0 Å². The van der Waals surface area contributed by atoms with Gasteiger partial charge in [0.25, 0.3) is 0 Å². The standard InChI is InChI=1S/C2H6O2S.H2O4S/c1-2-5(3)4;1-5(2,3)4/h2H2,1H3,(H,3,4);(H2,1,2,3,4)/p-1. The lowest BCUT2D eigenvalue weighted by Gasteiger charge is -1.93. The maximum Gasteiger partial charge on any atom is 0.394 e. The monoisotopic (exact) mass is 191 g/mol. The molecule has 0 amide bonds. The normalized spacial score (nSPS) is 13.2. The zero-order valence-corrected chi connectivity index (χ0v) is 6.68. The second kappa shape index (κ2) is 5.74. The molecule has 0 aromatic heterocycles. The van der Waals surface area contributed by atoms with E-state index in [4.69, 9.17) is 17.5 Å². The summed E-state index contributed by atoms with van der Waals surface area (Å²) >= 11 is -1.82. The summed E-state index contributed by atoms with van der Waals surface area (Å²) in [6.07, 6.45) is 0. The van der Waals surface area contributed by atoms with E-state index in [1.165, 1.54) is 0 Å². The molecular weight excluding hydrogens is 184 g/mol.